The Hall–Kier alpha value is -3.12. The number of nitrogens with one attached hydrogen (secondary N) is 1. The third-order valence-corrected chi connectivity index (χ3v) is 4.60. The van der Waals surface area contributed by atoms with Gasteiger partial charge in [0.15, 0.2) is 0 Å². The number of rotatable bonds is 3. The zero-order chi connectivity index (χ0) is 16.5. The molecule has 0 aliphatic rings. The number of nitrogens with zero attached hydrogens (tertiary/aromatic N) is 2. The van der Waals surface area contributed by atoms with E-state index in [-0.39, 0.29) is 5.56 Å². The minimum atomic E-state index is -0.225. The Morgan fingerprint density at radius 1 is 1.08 bits per heavy atom. The molecular formula is C18H11N3O2S. The molecule has 0 bridgehead atoms. The number of hydrogen-bond donors (Lipinski definition) is 1. The van der Waals surface area contributed by atoms with Gasteiger partial charge < -0.3 is 4.98 Å². The maximum Gasteiger partial charge on any atom is 0.257 e. The van der Waals surface area contributed by atoms with Crippen LogP contribution in [0, 0.1) is 0 Å². The van der Waals surface area contributed by atoms with Crippen molar-refractivity contribution in [1.82, 2.24) is 15.0 Å². The number of fused-ring (bicyclic) bond motifs is 1. The van der Waals surface area contributed by atoms with Crippen molar-refractivity contribution < 1.29 is 4.79 Å². The van der Waals surface area contributed by atoms with Crippen LogP contribution in [0.2, 0.25) is 0 Å². The number of aromatic amines is 1. The van der Waals surface area contributed by atoms with Gasteiger partial charge in [-0.15, -0.1) is 11.3 Å². The topological polar surface area (TPSA) is 75.7 Å². The first-order valence-corrected chi connectivity index (χ1v) is 8.11. The van der Waals surface area contributed by atoms with Gasteiger partial charge in [0.05, 0.1) is 11.3 Å². The summed E-state index contributed by atoms with van der Waals surface area (Å²) in [4.78, 5) is 34.6. The molecule has 6 heteroatoms. The van der Waals surface area contributed by atoms with Gasteiger partial charge in [-0.25, -0.2) is 4.98 Å². The molecule has 0 unspecified atom stereocenters. The molecule has 3 aromatic heterocycles. The molecule has 0 saturated carbocycles. The molecule has 0 aliphatic carbocycles. The summed E-state index contributed by atoms with van der Waals surface area (Å²) in [6.07, 6.45) is 4.18. The molecule has 3 heterocycles. The lowest BCUT2D eigenvalue weighted by Gasteiger charge is -2.02. The molecule has 0 spiro atoms. The highest BCUT2D eigenvalue weighted by Crippen LogP contribution is 2.28. The smallest absolute Gasteiger partial charge is 0.257 e. The third-order valence-electron chi connectivity index (χ3n) is 3.71. The monoisotopic (exact) mass is 333 g/mol. The average molecular weight is 333 g/mol. The second-order valence-corrected chi connectivity index (χ2v) is 6.11. The van der Waals surface area contributed by atoms with Crippen molar-refractivity contribution >= 4 is 28.5 Å². The van der Waals surface area contributed by atoms with Gasteiger partial charge in [0.25, 0.3) is 5.56 Å². The lowest BCUT2D eigenvalue weighted by atomic mass is 10.1. The maximum absolute atomic E-state index is 12.4. The predicted octanol–water partition coefficient (Wildman–Crippen LogP) is 3.53. The Morgan fingerprint density at radius 3 is 2.71 bits per heavy atom. The van der Waals surface area contributed by atoms with E-state index in [9.17, 15) is 9.59 Å². The highest BCUT2D eigenvalue weighted by Gasteiger charge is 2.11. The van der Waals surface area contributed by atoms with Crippen molar-refractivity contribution in [1.29, 1.82) is 0 Å². The molecule has 0 atom stereocenters. The Labute approximate surface area is 140 Å². The second-order valence-electron chi connectivity index (χ2n) is 5.25. The van der Waals surface area contributed by atoms with Crippen molar-refractivity contribution in [2.75, 3.05) is 0 Å². The summed E-state index contributed by atoms with van der Waals surface area (Å²) in [6.45, 7) is 0. The zero-order valence-electron chi connectivity index (χ0n) is 12.4. The van der Waals surface area contributed by atoms with E-state index < -0.39 is 0 Å². The molecule has 0 amide bonds. The van der Waals surface area contributed by atoms with Crippen LogP contribution in [-0.2, 0) is 0 Å². The number of hydrogen-bond acceptors (Lipinski definition) is 5. The standard InChI is InChI=1S/C18H11N3O2S/c22-9-11-1-2-13-8-14(17(23)20-15(13)7-11)16-10-24-18(21-16)12-3-5-19-6-4-12/h1-10H,(H,20,23). The van der Waals surface area contributed by atoms with Crippen LogP contribution in [0.4, 0.5) is 0 Å². The van der Waals surface area contributed by atoms with E-state index in [1.807, 2.05) is 23.6 Å². The first-order chi connectivity index (χ1) is 11.7. The highest BCUT2D eigenvalue weighted by molar-refractivity contribution is 7.13. The summed E-state index contributed by atoms with van der Waals surface area (Å²) in [7, 11) is 0. The van der Waals surface area contributed by atoms with Crippen LogP contribution in [0.1, 0.15) is 10.4 Å². The molecule has 24 heavy (non-hydrogen) atoms. The molecular weight excluding hydrogens is 322 g/mol. The highest BCUT2D eigenvalue weighted by atomic mass is 32.1. The van der Waals surface area contributed by atoms with Crippen molar-refractivity contribution in [2.24, 2.45) is 0 Å². The van der Waals surface area contributed by atoms with Gasteiger partial charge >= 0.3 is 0 Å². The minimum absolute atomic E-state index is 0.225. The Morgan fingerprint density at radius 2 is 1.92 bits per heavy atom. The first kappa shape index (κ1) is 14.5. The lowest BCUT2D eigenvalue weighted by Crippen LogP contribution is -2.09. The molecule has 0 radical (unpaired) electrons. The van der Waals surface area contributed by atoms with Crippen molar-refractivity contribution in [3.05, 3.63) is 70.1 Å². The number of aromatic nitrogens is 3. The van der Waals surface area contributed by atoms with Gasteiger partial charge in [0.1, 0.15) is 11.3 Å². The summed E-state index contributed by atoms with van der Waals surface area (Å²) in [5, 5.41) is 3.56. The fourth-order valence-corrected chi connectivity index (χ4v) is 3.33. The number of aldehydes is 1. The van der Waals surface area contributed by atoms with Gasteiger partial charge in [-0.3, -0.25) is 14.6 Å². The van der Waals surface area contributed by atoms with E-state index in [0.29, 0.717) is 22.3 Å². The molecule has 0 saturated heterocycles. The SMILES string of the molecule is O=Cc1ccc2cc(-c3csc(-c4ccncc4)n3)c(=O)[nH]c2c1. The molecule has 4 aromatic rings. The van der Waals surface area contributed by atoms with Gasteiger partial charge in [-0.2, -0.15) is 0 Å². The quantitative estimate of drug-likeness (QED) is 0.582. The summed E-state index contributed by atoms with van der Waals surface area (Å²) >= 11 is 1.48. The number of H-pyrrole nitrogens is 1. The molecule has 4 rings (SSSR count). The lowest BCUT2D eigenvalue weighted by molar-refractivity contribution is 0.112. The molecule has 0 aliphatic heterocycles. The van der Waals surface area contributed by atoms with Crippen LogP contribution in [-0.4, -0.2) is 21.2 Å². The van der Waals surface area contributed by atoms with Crippen molar-refractivity contribution in [2.45, 2.75) is 0 Å². The van der Waals surface area contributed by atoms with E-state index >= 15 is 0 Å². The summed E-state index contributed by atoms with van der Waals surface area (Å²) in [6, 6.07) is 10.8. The van der Waals surface area contributed by atoms with Crippen LogP contribution in [0.3, 0.4) is 0 Å². The van der Waals surface area contributed by atoms with E-state index in [0.717, 1.165) is 22.2 Å². The van der Waals surface area contributed by atoms with E-state index in [1.54, 1.807) is 30.6 Å². The second kappa shape index (κ2) is 5.82. The normalized spacial score (nSPS) is 10.8. The number of pyridine rings is 2. The van der Waals surface area contributed by atoms with Gasteiger partial charge in [0.2, 0.25) is 0 Å². The molecule has 5 nitrogen and oxygen atoms in total. The first-order valence-electron chi connectivity index (χ1n) is 7.23. The van der Waals surface area contributed by atoms with E-state index in [4.69, 9.17) is 0 Å². The fraction of sp³-hybridized carbons (Fsp3) is 0. The third kappa shape index (κ3) is 2.53. The fourth-order valence-electron chi connectivity index (χ4n) is 2.51. The molecule has 1 N–H and O–H groups in total. The van der Waals surface area contributed by atoms with Crippen LogP contribution in [0.25, 0.3) is 32.7 Å². The van der Waals surface area contributed by atoms with E-state index in [1.165, 1.54) is 11.3 Å². The molecule has 0 fully saturated rings. The van der Waals surface area contributed by atoms with Gasteiger partial charge in [0, 0.05) is 34.4 Å². The number of carbonyl (C=O) groups is 1. The van der Waals surface area contributed by atoms with Crippen molar-refractivity contribution in [3.63, 3.8) is 0 Å². The zero-order valence-corrected chi connectivity index (χ0v) is 13.2. The Kier molecular flexibility index (Phi) is 3.51. The number of carbonyl (C=O) groups excluding carboxylic acids is 1. The summed E-state index contributed by atoms with van der Waals surface area (Å²) in [5.74, 6) is 0. The van der Waals surface area contributed by atoms with Crippen LogP contribution in [0.5, 0.6) is 0 Å². The minimum Gasteiger partial charge on any atom is -0.321 e. The predicted molar refractivity (Wildman–Crippen MR) is 94.3 cm³/mol. The largest absolute Gasteiger partial charge is 0.321 e. The van der Waals surface area contributed by atoms with Crippen LogP contribution >= 0.6 is 11.3 Å². The van der Waals surface area contributed by atoms with Gasteiger partial charge in [-0.1, -0.05) is 12.1 Å². The van der Waals surface area contributed by atoms with Crippen LogP contribution < -0.4 is 5.56 Å². The maximum atomic E-state index is 12.4. The number of benzene rings is 1. The molecule has 1 aromatic carbocycles. The average Bonchev–Trinajstić information content (AvgIpc) is 3.11. The Balaban J connectivity index is 1.82. The van der Waals surface area contributed by atoms with Crippen molar-refractivity contribution in [3.8, 4) is 21.8 Å². The number of thiazole rings is 1. The van der Waals surface area contributed by atoms with Gasteiger partial charge in [-0.05, 0) is 29.7 Å². The Bertz CT molecular complexity index is 1100. The van der Waals surface area contributed by atoms with Crippen LogP contribution in [0.15, 0.2) is 59.0 Å². The van der Waals surface area contributed by atoms with E-state index in [2.05, 4.69) is 15.0 Å². The summed E-state index contributed by atoms with van der Waals surface area (Å²) in [5.41, 5.74) is 3.05. The molecule has 116 valence electrons. The summed E-state index contributed by atoms with van der Waals surface area (Å²) < 4.78 is 0.